The maximum atomic E-state index is 10.9. The standard InChI is InChI=1S/C9H13ClO5/c1-7(2)8(11)14-5-3-13-4-6-15-9(10)12/h1,3-6H2,2H3. The van der Waals surface area contributed by atoms with Gasteiger partial charge in [0.25, 0.3) is 0 Å². The van der Waals surface area contributed by atoms with Crippen molar-refractivity contribution in [3.05, 3.63) is 12.2 Å². The number of hydrogen-bond acceptors (Lipinski definition) is 5. The van der Waals surface area contributed by atoms with Crippen molar-refractivity contribution in [3.63, 3.8) is 0 Å². The minimum absolute atomic E-state index is 0.0801. The molecule has 0 aliphatic carbocycles. The highest BCUT2D eigenvalue weighted by atomic mass is 35.5. The Morgan fingerprint density at radius 1 is 1.13 bits per heavy atom. The van der Waals surface area contributed by atoms with Gasteiger partial charge in [-0.3, -0.25) is 0 Å². The second-order valence-electron chi connectivity index (χ2n) is 2.61. The molecule has 0 aromatic heterocycles. The van der Waals surface area contributed by atoms with E-state index >= 15 is 0 Å². The molecule has 86 valence electrons. The number of carbonyl (C=O) groups excluding carboxylic acids is 2. The van der Waals surface area contributed by atoms with Crippen LogP contribution in [0.5, 0.6) is 0 Å². The lowest BCUT2D eigenvalue weighted by Gasteiger charge is -2.05. The van der Waals surface area contributed by atoms with Crippen LogP contribution in [0, 0.1) is 0 Å². The minimum atomic E-state index is -0.868. The van der Waals surface area contributed by atoms with E-state index in [4.69, 9.17) is 21.1 Å². The Bertz CT molecular complexity index is 239. The molecule has 0 aromatic rings. The van der Waals surface area contributed by atoms with Crippen molar-refractivity contribution in [2.45, 2.75) is 6.92 Å². The molecule has 0 aliphatic heterocycles. The summed E-state index contributed by atoms with van der Waals surface area (Å²) in [5.41, 5.74) is -0.529. The summed E-state index contributed by atoms with van der Waals surface area (Å²) in [4.78, 5) is 21.0. The third-order valence-corrected chi connectivity index (χ3v) is 1.36. The van der Waals surface area contributed by atoms with E-state index in [1.165, 1.54) is 0 Å². The second kappa shape index (κ2) is 8.26. The summed E-state index contributed by atoms with van der Waals surface area (Å²) in [6.45, 7) is 5.64. The predicted molar refractivity (Wildman–Crippen MR) is 53.8 cm³/mol. The molecule has 0 amide bonds. The fourth-order valence-corrected chi connectivity index (χ4v) is 0.677. The van der Waals surface area contributed by atoms with Crippen molar-refractivity contribution in [3.8, 4) is 0 Å². The Kier molecular flexibility index (Phi) is 7.67. The first-order valence-corrected chi connectivity index (χ1v) is 4.64. The van der Waals surface area contributed by atoms with E-state index < -0.39 is 11.4 Å². The molecule has 0 fully saturated rings. The van der Waals surface area contributed by atoms with Crippen LogP contribution < -0.4 is 0 Å². The van der Waals surface area contributed by atoms with Gasteiger partial charge in [0.2, 0.25) is 0 Å². The minimum Gasteiger partial charge on any atom is -0.460 e. The summed E-state index contributed by atoms with van der Waals surface area (Å²) < 4.78 is 14.1. The van der Waals surface area contributed by atoms with Crippen LogP contribution in [0.3, 0.4) is 0 Å². The molecule has 0 heterocycles. The maximum absolute atomic E-state index is 10.9. The summed E-state index contributed by atoms with van der Waals surface area (Å²) in [6, 6.07) is 0. The molecule has 0 aromatic carbocycles. The van der Waals surface area contributed by atoms with Crippen molar-refractivity contribution >= 4 is 23.0 Å². The number of hydrogen-bond donors (Lipinski definition) is 0. The fourth-order valence-electron chi connectivity index (χ4n) is 0.599. The van der Waals surface area contributed by atoms with Crippen LogP contribution >= 0.6 is 11.6 Å². The topological polar surface area (TPSA) is 61.8 Å². The first kappa shape index (κ1) is 13.9. The Morgan fingerprint density at radius 3 is 2.13 bits per heavy atom. The SMILES string of the molecule is C=C(C)C(=O)OCCOCCOC(=O)Cl. The summed E-state index contributed by atoms with van der Waals surface area (Å²) in [7, 11) is 0. The van der Waals surface area contributed by atoms with Gasteiger partial charge in [-0.25, -0.2) is 9.59 Å². The molecule has 0 spiro atoms. The maximum Gasteiger partial charge on any atom is 0.403 e. The molecule has 0 unspecified atom stereocenters. The number of halogens is 1. The highest BCUT2D eigenvalue weighted by Gasteiger charge is 2.01. The van der Waals surface area contributed by atoms with Crippen LogP contribution in [0.2, 0.25) is 0 Å². The summed E-state index contributed by atoms with van der Waals surface area (Å²) >= 11 is 4.90. The predicted octanol–water partition coefficient (Wildman–Crippen LogP) is 1.50. The quantitative estimate of drug-likeness (QED) is 0.290. The average Bonchev–Trinajstić information content (AvgIpc) is 2.15. The van der Waals surface area contributed by atoms with Gasteiger partial charge in [-0.1, -0.05) is 6.58 Å². The van der Waals surface area contributed by atoms with Crippen molar-refractivity contribution in [2.24, 2.45) is 0 Å². The first-order chi connectivity index (χ1) is 7.04. The molecule has 0 saturated carbocycles. The third-order valence-electron chi connectivity index (χ3n) is 1.25. The Balaban J connectivity index is 3.22. The van der Waals surface area contributed by atoms with Crippen LogP contribution in [0.15, 0.2) is 12.2 Å². The monoisotopic (exact) mass is 236 g/mol. The number of ether oxygens (including phenoxy) is 3. The number of rotatable bonds is 7. The van der Waals surface area contributed by atoms with Gasteiger partial charge >= 0.3 is 11.4 Å². The van der Waals surface area contributed by atoms with E-state index in [0.717, 1.165) is 0 Å². The highest BCUT2D eigenvalue weighted by Crippen LogP contribution is 1.92. The van der Waals surface area contributed by atoms with Crippen LogP contribution in [0.25, 0.3) is 0 Å². The lowest BCUT2D eigenvalue weighted by Crippen LogP contribution is -2.13. The van der Waals surface area contributed by atoms with Crippen LogP contribution in [-0.4, -0.2) is 37.8 Å². The third kappa shape index (κ3) is 9.24. The summed E-state index contributed by atoms with van der Waals surface area (Å²) in [5, 5.41) is 0. The lowest BCUT2D eigenvalue weighted by atomic mass is 10.4. The molecular formula is C9H13ClO5. The average molecular weight is 237 g/mol. The van der Waals surface area contributed by atoms with Gasteiger partial charge in [0.15, 0.2) is 0 Å². The van der Waals surface area contributed by atoms with Gasteiger partial charge in [0.1, 0.15) is 13.2 Å². The largest absolute Gasteiger partial charge is 0.460 e. The molecule has 6 heteroatoms. The molecule has 0 radical (unpaired) electrons. The van der Waals surface area contributed by atoms with Crippen molar-refractivity contribution in [1.29, 1.82) is 0 Å². The van der Waals surface area contributed by atoms with Crippen LogP contribution in [0.4, 0.5) is 4.79 Å². The molecule has 0 bridgehead atoms. The Morgan fingerprint density at radius 2 is 1.67 bits per heavy atom. The van der Waals surface area contributed by atoms with Crippen molar-refractivity contribution in [2.75, 3.05) is 26.4 Å². The molecule has 0 saturated heterocycles. The van der Waals surface area contributed by atoms with Crippen LogP contribution in [0.1, 0.15) is 6.92 Å². The van der Waals surface area contributed by atoms with Gasteiger partial charge in [0.05, 0.1) is 13.2 Å². The van der Waals surface area contributed by atoms with Gasteiger partial charge in [-0.05, 0) is 6.92 Å². The zero-order valence-corrected chi connectivity index (χ0v) is 9.21. The van der Waals surface area contributed by atoms with Gasteiger partial charge < -0.3 is 14.2 Å². The molecule has 15 heavy (non-hydrogen) atoms. The zero-order chi connectivity index (χ0) is 11.7. The lowest BCUT2D eigenvalue weighted by molar-refractivity contribution is -0.140. The molecular weight excluding hydrogens is 224 g/mol. The van der Waals surface area contributed by atoms with Gasteiger partial charge in [-0.15, -0.1) is 0 Å². The van der Waals surface area contributed by atoms with Gasteiger partial charge in [0, 0.05) is 17.2 Å². The Labute approximate surface area is 92.9 Å². The zero-order valence-electron chi connectivity index (χ0n) is 8.45. The number of carbonyl (C=O) groups is 2. The van der Waals surface area contributed by atoms with Crippen LogP contribution in [-0.2, 0) is 19.0 Å². The normalized spacial score (nSPS) is 9.47. The van der Waals surface area contributed by atoms with Crippen molar-refractivity contribution in [1.82, 2.24) is 0 Å². The van der Waals surface area contributed by atoms with Gasteiger partial charge in [-0.2, -0.15) is 0 Å². The molecule has 0 aliphatic rings. The second-order valence-corrected chi connectivity index (χ2v) is 2.92. The fraction of sp³-hybridized carbons (Fsp3) is 0.556. The Hall–Kier alpha value is -1.07. The molecule has 0 N–H and O–H groups in total. The van der Waals surface area contributed by atoms with E-state index in [9.17, 15) is 9.59 Å². The van der Waals surface area contributed by atoms with E-state index in [0.29, 0.717) is 5.57 Å². The number of esters is 1. The van der Waals surface area contributed by atoms with E-state index in [1.807, 2.05) is 0 Å². The molecule has 0 rings (SSSR count). The van der Waals surface area contributed by atoms with E-state index in [-0.39, 0.29) is 26.4 Å². The molecule has 5 nitrogen and oxygen atoms in total. The smallest absolute Gasteiger partial charge is 0.403 e. The summed E-state index contributed by atoms with van der Waals surface area (Å²) in [6.07, 6.45) is 0. The first-order valence-electron chi connectivity index (χ1n) is 4.26. The molecule has 0 atom stereocenters. The highest BCUT2D eigenvalue weighted by molar-refractivity contribution is 6.61. The van der Waals surface area contributed by atoms with Crippen molar-refractivity contribution < 1.29 is 23.8 Å². The van der Waals surface area contributed by atoms with E-state index in [1.54, 1.807) is 6.92 Å². The van der Waals surface area contributed by atoms with E-state index in [2.05, 4.69) is 11.3 Å². The summed E-state index contributed by atoms with van der Waals surface area (Å²) in [5.74, 6) is -0.453.